The molecule has 0 aliphatic carbocycles. The predicted octanol–water partition coefficient (Wildman–Crippen LogP) is 2.32. The molecule has 0 saturated carbocycles. The highest BCUT2D eigenvalue weighted by Gasteiger charge is 2.36. The molecule has 2 rings (SSSR count). The molecule has 18 heavy (non-hydrogen) atoms. The summed E-state index contributed by atoms with van der Waals surface area (Å²) < 4.78 is 4.90. The number of nitrogens with zero attached hydrogens (tertiary/aromatic N) is 1. The maximum Gasteiger partial charge on any atom is 0.310 e. The average molecular weight is 247 g/mol. The number of methoxy groups -OCH3 is 1. The third kappa shape index (κ3) is 2.91. The molecular formula is C15H21NO2. The second-order valence-electron chi connectivity index (χ2n) is 4.98. The van der Waals surface area contributed by atoms with Gasteiger partial charge in [0.05, 0.1) is 13.0 Å². The van der Waals surface area contributed by atoms with E-state index < -0.39 is 0 Å². The second kappa shape index (κ2) is 6.01. The van der Waals surface area contributed by atoms with Crippen LogP contribution in [0.1, 0.15) is 18.9 Å². The number of hydrogen-bond acceptors (Lipinski definition) is 3. The van der Waals surface area contributed by atoms with E-state index in [9.17, 15) is 4.79 Å². The zero-order valence-corrected chi connectivity index (χ0v) is 11.1. The second-order valence-corrected chi connectivity index (χ2v) is 4.98. The zero-order chi connectivity index (χ0) is 13.0. The van der Waals surface area contributed by atoms with Gasteiger partial charge in [-0.2, -0.15) is 0 Å². The topological polar surface area (TPSA) is 29.5 Å². The van der Waals surface area contributed by atoms with E-state index in [4.69, 9.17) is 4.74 Å². The third-order valence-electron chi connectivity index (χ3n) is 3.79. The highest BCUT2D eigenvalue weighted by Crippen LogP contribution is 2.28. The van der Waals surface area contributed by atoms with Crippen LogP contribution in [-0.4, -0.2) is 31.1 Å². The van der Waals surface area contributed by atoms with Crippen molar-refractivity contribution < 1.29 is 9.53 Å². The van der Waals surface area contributed by atoms with Gasteiger partial charge in [0, 0.05) is 19.6 Å². The van der Waals surface area contributed by atoms with Gasteiger partial charge in [-0.15, -0.1) is 0 Å². The summed E-state index contributed by atoms with van der Waals surface area (Å²) in [4.78, 5) is 14.1. The van der Waals surface area contributed by atoms with Crippen LogP contribution >= 0.6 is 0 Å². The molecule has 1 aromatic rings. The lowest BCUT2D eigenvalue weighted by Gasteiger charge is -2.15. The van der Waals surface area contributed by atoms with E-state index in [1.807, 2.05) is 6.07 Å². The number of rotatable bonds is 4. The molecule has 3 nitrogen and oxygen atoms in total. The number of likely N-dealkylation sites (tertiary alicyclic amines) is 1. The molecule has 98 valence electrons. The van der Waals surface area contributed by atoms with Gasteiger partial charge in [-0.05, 0) is 11.5 Å². The maximum absolute atomic E-state index is 11.7. The fourth-order valence-electron chi connectivity index (χ4n) is 2.76. The Bertz CT molecular complexity index is 391. The number of esters is 1. The van der Waals surface area contributed by atoms with Crippen LogP contribution in [0.15, 0.2) is 30.3 Å². The van der Waals surface area contributed by atoms with Crippen LogP contribution in [-0.2, 0) is 16.1 Å². The Morgan fingerprint density at radius 2 is 2.06 bits per heavy atom. The fraction of sp³-hybridized carbons (Fsp3) is 0.533. The van der Waals surface area contributed by atoms with E-state index in [2.05, 4.69) is 36.1 Å². The molecule has 1 fully saturated rings. The predicted molar refractivity (Wildman–Crippen MR) is 71.0 cm³/mol. The van der Waals surface area contributed by atoms with Crippen molar-refractivity contribution >= 4 is 5.97 Å². The smallest absolute Gasteiger partial charge is 0.310 e. The van der Waals surface area contributed by atoms with Crippen LogP contribution in [0, 0.1) is 11.8 Å². The molecule has 1 heterocycles. The van der Waals surface area contributed by atoms with E-state index in [1.165, 1.54) is 12.7 Å². The summed E-state index contributed by atoms with van der Waals surface area (Å²) in [5.41, 5.74) is 1.30. The van der Waals surface area contributed by atoms with Crippen LogP contribution in [0.25, 0.3) is 0 Å². The van der Waals surface area contributed by atoms with Crippen molar-refractivity contribution in [2.45, 2.75) is 19.9 Å². The molecule has 2 atom stereocenters. The fourth-order valence-corrected chi connectivity index (χ4v) is 2.76. The van der Waals surface area contributed by atoms with Crippen molar-refractivity contribution in [1.82, 2.24) is 4.90 Å². The van der Waals surface area contributed by atoms with E-state index in [-0.39, 0.29) is 11.9 Å². The van der Waals surface area contributed by atoms with Crippen molar-refractivity contribution in [2.24, 2.45) is 11.8 Å². The lowest BCUT2D eigenvalue weighted by atomic mass is 9.94. The zero-order valence-electron chi connectivity index (χ0n) is 11.1. The van der Waals surface area contributed by atoms with Gasteiger partial charge < -0.3 is 4.74 Å². The van der Waals surface area contributed by atoms with Crippen LogP contribution in [0.3, 0.4) is 0 Å². The molecule has 0 N–H and O–H groups in total. The van der Waals surface area contributed by atoms with Gasteiger partial charge in [-0.3, -0.25) is 9.69 Å². The largest absolute Gasteiger partial charge is 0.469 e. The highest BCUT2D eigenvalue weighted by atomic mass is 16.5. The maximum atomic E-state index is 11.7. The average Bonchev–Trinajstić information content (AvgIpc) is 2.82. The lowest BCUT2D eigenvalue weighted by molar-refractivity contribution is -0.146. The lowest BCUT2D eigenvalue weighted by Crippen LogP contribution is -2.24. The number of benzene rings is 1. The monoisotopic (exact) mass is 247 g/mol. The molecule has 1 aromatic carbocycles. The van der Waals surface area contributed by atoms with E-state index in [0.29, 0.717) is 5.92 Å². The summed E-state index contributed by atoms with van der Waals surface area (Å²) >= 11 is 0. The summed E-state index contributed by atoms with van der Waals surface area (Å²) in [7, 11) is 1.48. The Labute approximate surface area is 109 Å². The molecule has 0 radical (unpaired) electrons. The molecule has 1 aliphatic rings. The molecule has 0 aromatic heterocycles. The number of carbonyl (C=O) groups is 1. The molecule has 0 amide bonds. The highest BCUT2D eigenvalue weighted by molar-refractivity contribution is 5.73. The van der Waals surface area contributed by atoms with Crippen LogP contribution in [0.2, 0.25) is 0 Å². The Balaban J connectivity index is 1.99. The Morgan fingerprint density at radius 1 is 1.33 bits per heavy atom. The molecule has 3 heteroatoms. The minimum atomic E-state index is -0.0580. The minimum Gasteiger partial charge on any atom is -0.469 e. The van der Waals surface area contributed by atoms with Gasteiger partial charge in [-0.1, -0.05) is 43.7 Å². The van der Waals surface area contributed by atoms with Crippen LogP contribution in [0.5, 0.6) is 0 Å². The van der Waals surface area contributed by atoms with Crippen LogP contribution in [0.4, 0.5) is 0 Å². The van der Waals surface area contributed by atoms with Gasteiger partial charge >= 0.3 is 5.97 Å². The first-order valence-corrected chi connectivity index (χ1v) is 6.58. The third-order valence-corrected chi connectivity index (χ3v) is 3.79. The van der Waals surface area contributed by atoms with E-state index in [0.717, 1.165) is 26.1 Å². The molecule has 1 aliphatic heterocycles. The first-order valence-electron chi connectivity index (χ1n) is 6.58. The van der Waals surface area contributed by atoms with Gasteiger partial charge in [0.15, 0.2) is 0 Å². The van der Waals surface area contributed by atoms with Crippen LogP contribution < -0.4 is 0 Å². The van der Waals surface area contributed by atoms with Crippen molar-refractivity contribution in [3.8, 4) is 0 Å². The Morgan fingerprint density at radius 3 is 2.67 bits per heavy atom. The Hall–Kier alpha value is -1.35. The van der Waals surface area contributed by atoms with E-state index in [1.54, 1.807) is 0 Å². The Kier molecular flexibility index (Phi) is 4.37. The normalized spacial score (nSPS) is 24.1. The summed E-state index contributed by atoms with van der Waals surface area (Å²) in [5, 5.41) is 0. The van der Waals surface area contributed by atoms with Gasteiger partial charge in [-0.25, -0.2) is 0 Å². The summed E-state index contributed by atoms with van der Waals surface area (Å²) in [6, 6.07) is 10.4. The van der Waals surface area contributed by atoms with Gasteiger partial charge in [0.1, 0.15) is 0 Å². The first-order chi connectivity index (χ1) is 8.74. The van der Waals surface area contributed by atoms with Crippen molar-refractivity contribution in [3.05, 3.63) is 35.9 Å². The molecule has 0 unspecified atom stereocenters. The number of ether oxygens (including phenoxy) is 1. The van der Waals surface area contributed by atoms with Crippen molar-refractivity contribution in [2.75, 3.05) is 20.2 Å². The standard InChI is InChI=1S/C15H21NO2/c1-3-13-10-16(11-14(13)15(17)18-2)9-12-7-5-4-6-8-12/h4-8,13-14H,3,9-11H2,1-2H3/t13-,14+/m0/s1. The number of carbonyl (C=O) groups excluding carboxylic acids is 1. The summed E-state index contributed by atoms with van der Waals surface area (Å²) in [6.45, 7) is 4.88. The molecule has 0 spiro atoms. The van der Waals surface area contributed by atoms with E-state index >= 15 is 0 Å². The summed E-state index contributed by atoms with van der Waals surface area (Å²) in [5.74, 6) is 0.419. The molecular weight excluding hydrogens is 226 g/mol. The van der Waals surface area contributed by atoms with Crippen molar-refractivity contribution in [3.63, 3.8) is 0 Å². The molecule has 1 saturated heterocycles. The number of hydrogen-bond donors (Lipinski definition) is 0. The van der Waals surface area contributed by atoms with Gasteiger partial charge in [0.2, 0.25) is 0 Å². The molecule has 0 bridgehead atoms. The quantitative estimate of drug-likeness (QED) is 0.765. The summed E-state index contributed by atoms with van der Waals surface area (Å²) in [6.07, 6.45) is 1.03. The van der Waals surface area contributed by atoms with Crippen molar-refractivity contribution in [1.29, 1.82) is 0 Å². The first kappa shape index (κ1) is 13.1. The SMILES string of the molecule is CC[C@H]1CN(Cc2ccccc2)C[C@H]1C(=O)OC. The van der Waals surface area contributed by atoms with Gasteiger partial charge in [0.25, 0.3) is 0 Å². The minimum absolute atomic E-state index is 0.0451.